The molecule has 3 rings (SSSR count). The lowest BCUT2D eigenvalue weighted by atomic mass is 10.2. The molecule has 0 radical (unpaired) electrons. The van der Waals surface area contributed by atoms with E-state index in [2.05, 4.69) is 20.7 Å². The molecule has 27 heavy (non-hydrogen) atoms. The van der Waals surface area contributed by atoms with Crippen molar-refractivity contribution < 1.29 is 9.59 Å². The zero-order valence-corrected chi connectivity index (χ0v) is 15.7. The van der Waals surface area contributed by atoms with Crippen molar-refractivity contribution in [2.45, 2.75) is 13.0 Å². The summed E-state index contributed by atoms with van der Waals surface area (Å²) in [7, 11) is 0. The molecule has 138 valence electrons. The number of hydrogen-bond acceptors (Lipinski definition) is 4. The molecule has 0 bridgehead atoms. The molecule has 2 amide bonds. The summed E-state index contributed by atoms with van der Waals surface area (Å²) in [4.78, 5) is 28.4. The molecule has 0 aliphatic rings. The van der Waals surface area contributed by atoms with Crippen LogP contribution in [0.4, 0.5) is 11.4 Å². The molecule has 0 spiro atoms. The van der Waals surface area contributed by atoms with Crippen LogP contribution >= 0.6 is 23.2 Å². The Morgan fingerprint density at radius 2 is 1.70 bits per heavy atom. The van der Waals surface area contributed by atoms with Crippen LogP contribution in [-0.2, 0) is 4.79 Å². The van der Waals surface area contributed by atoms with E-state index < -0.39 is 6.04 Å². The number of aromatic nitrogens is 3. The highest BCUT2D eigenvalue weighted by Crippen LogP contribution is 2.22. The minimum atomic E-state index is -0.503. The van der Waals surface area contributed by atoms with Crippen LogP contribution in [-0.4, -0.2) is 26.6 Å². The summed E-state index contributed by atoms with van der Waals surface area (Å²) in [6, 6.07) is 10.9. The molecule has 2 N–H and O–H groups in total. The van der Waals surface area contributed by atoms with Crippen LogP contribution in [0.25, 0.3) is 0 Å². The van der Waals surface area contributed by atoms with Crippen molar-refractivity contribution in [2.24, 2.45) is 0 Å². The first-order valence-corrected chi connectivity index (χ1v) is 8.71. The van der Waals surface area contributed by atoms with E-state index in [0.29, 0.717) is 21.4 Å². The van der Waals surface area contributed by atoms with Crippen LogP contribution in [0, 0.1) is 0 Å². The first-order chi connectivity index (χ1) is 12.9. The quantitative estimate of drug-likeness (QED) is 0.672. The molecule has 1 atom stereocenters. The van der Waals surface area contributed by atoms with Gasteiger partial charge in [0.1, 0.15) is 18.7 Å². The van der Waals surface area contributed by atoms with E-state index in [1.165, 1.54) is 23.4 Å². The first kappa shape index (κ1) is 18.9. The molecular weight excluding hydrogens is 389 g/mol. The summed E-state index contributed by atoms with van der Waals surface area (Å²) in [6.07, 6.45) is 2.84. The summed E-state index contributed by atoms with van der Waals surface area (Å²) >= 11 is 11.9. The lowest BCUT2D eigenvalue weighted by Gasteiger charge is -2.12. The number of hydrogen-bond donors (Lipinski definition) is 2. The number of nitrogens with one attached hydrogen (secondary N) is 2. The maximum absolute atomic E-state index is 12.3. The summed E-state index contributed by atoms with van der Waals surface area (Å²) in [6.45, 7) is 1.72. The van der Waals surface area contributed by atoms with Crippen LogP contribution in [0.2, 0.25) is 10.0 Å². The van der Waals surface area contributed by atoms with Gasteiger partial charge in [-0.2, -0.15) is 5.10 Å². The molecule has 3 aromatic rings. The van der Waals surface area contributed by atoms with E-state index >= 15 is 0 Å². The highest BCUT2D eigenvalue weighted by molar-refractivity contribution is 6.36. The predicted octanol–water partition coefficient (Wildman–Crippen LogP) is 4.04. The molecule has 0 aliphatic heterocycles. The van der Waals surface area contributed by atoms with Crippen LogP contribution in [0.1, 0.15) is 23.3 Å². The van der Waals surface area contributed by atoms with Crippen molar-refractivity contribution in [1.29, 1.82) is 0 Å². The van der Waals surface area contributed by atoms with E-state index in [9.17, 15) is 9.59 Å². The van der Waals surface area contributed by atoms with E-state index in [1.54, 1.807) is 43.3 Å². The number of amides is 2. The predicted molar refractivity (Wildman–Crippen MR) is 104 cm³/mol. The second-order valence-electron chi connectivity index (χ2n) is 5.70. The average molecular weight is 404 g/mol. The molecule has 0 fully saturated rings. The second kappa shape index (κ2) is 8.20. The van der Waals surface area contributed by atoms with Gasteiger partial charge in [0.2, 0.25) is 5.91 Å². The third kappa shape index (κ3) is 4.64. The molecule has 2 aromatic carbocycles. The Morgan fingerprint density at radius 3 is 2.33 bits per heavy atom. The Labute approximate surface area is 165 Å². The van der Waals surface area contributed by atoms with Crippen molar-refractivity contribution in [2.75, 3.05) is 10.6 Å². The van der Waals surface area contributed by atoms with Gasteiger partial charge in [-0.05, 0) is 49.4 Å². The fraction of sp³-hybridized carbons (Fsp3) is 0.111. The van der Waals surface area contributed by atoms with Crippen molar-refractivity contribution in [1.82, 2.24) is 14.8 Å². The van der Waals surface area contributed by atoms with E-state index in [1.807, 2.05) is 0 Å². The summed E-state index contributed by atoms with van der Waals surface area (Å²) in [5, 5.41) is 10.2. The van der Waals surface area contributed by atoms with Crippen LogP contribution < -0.4 is 10.6 Å². The largest absolute Gasteiger partial charge is 0.324 e. The topological polar surface area (TPSA) is 88.9 Å². The lowest BCUT2D eigenvalue weighted by Crippen LogP contribution is -2.24. The van der Waals surface area contributed by atoms with Crippen molar-refractivity contribution in [3.63, 3.8) is 0 Å². The normalized spacial score (nSPS) is 11.7. The molecule has 1 aromatic heterocycles. The number of carbonyl (C=O) groups excluding carboxylic acids is 2. The fourth-order valence-electron chi connectivity index (χ4n) is 2.29. The van der Waals surface area contributed by atoms with Gasteiger partial charge >= 0.3 is 0 Å². The van der Waals surface area contributed by atoms with Crippen molar-refractivity contribution in [3.8, 4) is 0 Å². The zero-order valence-electron chi connectivity index (χ0n) is 14.2. The van der Waals surface area contributed by atoms with Gasteiger partial charge in [-0.1, -0.05) is 23.2 Å². The Morgan fingerprint density at radius 1 is 1.04 bits per heavy atom. The van der Waals surface area contributed by atoms with Gasteiger partial charge in [0.15, 0.2) is 0 Å². The van der Waals surface area contributed by atoms with Gasteiger partial charge in [-0.15, -0.1) is 0 Å². The molecule has 0 saturated heterocycles. The molecule has 0 unspecified atom stereocenters. The number of halogens is 2. The standard InChI is InChI=1S/C18H15Cl2N5O2/c1-11(25-10-21-9-22-25)17(26)23-13-3-5-14(6-4-13)24-18(27)15-8-12(19)2-7-16(15)20/h2-11H,1H3,(H,23,26)(H,24,27)/t11-/m0/s1. The fourth-order valence-corrected chi connectivity index (χ4v) is 2.67. The summed E-state index contributed by atoms with van der Waals surface area (Å²) < 4.78 is 1.46. The molecule has 0 saturated carbocycles. The smallest absolute Gasteiger partial charge is 0.257 e. The summed E-state index contributed by atoms with van der Waals surface area (Å²) in [5.74, 6) is -0.609. The van der Waals surface area contributed by atoms with Gasteiger partial charge in [0.05, 0.1) is 10.6 Å². The third-order valence-electron chi connectivity index (χ3n) is 3.80. The Kier molecular flexibility index (Phi) is 5.73. The first-order valence-electron chi connectivity index (χ1n) is 7.95. The van der Waals surface area contributed by atoms with Crippen molar-refractivity contribution >= 4 is 46.4 Å². The Hall–Kier alpha value is -2.90. The van der Waals surface area contributed by atoms with Gasteiger partial charge in [-0.3, -0.25) is 9.59 Å². The minimum Gasteiger partial charge on any atom is -0.324 e. The Bertz CT molecular complexity index is 958. The maximum atomic E-state index is 12.3. The van der Waals surface area contributed by atoms with Crippen molar-refractivity contribution in [3.05, 3.63) is 70.7 Å². The number of anilines is 2. The second-order valence-corrected chi connectivity index (χ2v) is 6.54. The molecular formula is C18H15Cl2N5O2. The van der Waals surface area contributed by atoms with Gasteiger partial charge in [0, 0.05) is 16.4 Å². The molecule has 1 heterocycles. The highest BCUT2D eigenvalue weighted by atomic mass is 35.5. The highest BCUT2D eigenvalue weighted by Gasteiger charge is 2.16. The lowest BCUT2D eigenvalue weighted by molar-refractivity contribution is -0.119. The van der Waals surface area contributed by atoms with Crippen LogP contribution in [0.15, 0.2) is 55.1 Å². The van der Waals surface area contributed by atoms with Crippen LogP contribution in [0.5, 0.6) is 0 Å². The number of nitrogens with zero attached hydrogens (tertiary/aromatic N) is 3. The number of rotatable bonds is 5. The zero-order chi connectivity index (χ0) is 19.4. The molecule has 0 aliphatic carbocycles. The average Bonchev–Trinajstić information content (AvgIpc) is 3.19. The Balaban J connectivity index is 1.64. The van der Waals surface area contributed by atoms with Crippen LogP contribution in [0.3, 0.4) is 0 Å². The van der Waals surface area contributed by atoms with E-state index in [-0.39, 0.29) is 17.4 Å². The minimum absolute atomic E-state index is 0.233. The molecule has 9 heteroatoms. The maximum Gasteiger partial charge on any atom is 0.257 e. The van der Waals surface area contributed by atoms with E-state index in [4.69, 9.17) is 23.2 Å². The SMILES string of the molecule is C[C@@H](C(=O)Nc1ccc(NC(=O)c2cc(Cl)ccc2Cl)cc1)n1cncn1. The van der Waals surface area contributed by atoms with E-state index in [0.717, 1.165) is 0 Å². The number of carbonyl (C=O) groups is 2. The van der Waals surface area contributed by atoms with Gasteiger partial charge < -0.3 is 10.6 Å². The third-order valence-corrected chi connectivity index (χ3v) is 4.36. The molecule has 7 nitrogen and oxygen atoms in total. The van der Waals surface area contributed by atoms with Gasteiger partial charge in [-0.25, -0.2) is 9.67 Å². The number of benzene rings is 2. The summed E-state index contributed by atoms with van der Waals surface area (Å²) in [5.41, 5.74) is 1.42. The van der Waals surface area contributed by atoms with Gasteiger partial charge in [0.25, 0.3) is 5.91 Å². The monoisotopic (exact) mass is 403 g/mol.